The smallest absolute Gasteiger partial charge is 0.153 e. The second-order valence-electron chi connectivity index (χ2n) is 8.77. The summed E-state index contributed by atoms with van der Waals surface area (Å²) >= 11 is 0. The molecule has 0 fully saturated rings. The van der Waals surface area contributed by atoms with Crippen molar-refractivity contribution in [1.29, 1.82) is 0 Å². The van der Waals surface area contributed by atoms with Crippen LogP contribution in [0.3, 0.4) is 0 Å². The van der Waals surface area contributed by atoms with Crippen LogP contribution in [0.1, 0.15) is 11.4 Å². The first-order valence-electron chi connectivity index (χ1n) is 11.9. The van der Waals surface area contributed by atoms with Gasteiger partial charge in [0, 0.05) is 16.5 Å². The lowest BCUT2D eigenvalue weighted by Gasteiger charge is -2.13. The van der Waals surface area contributed by atoms with E-state index in [4.69, 9.17) is 19.4 Å². The number of fused-ring (bicyclic) bond motifs is 2. The summed E-state index contributed by atoms with van der Waals surface area (Å²) in [6, 6.07) is 36.4. The third kappa shape index (κ3) is 4.25. The van der Waals surface area contributed by atoms with Gasteiger partial charge in [0.2, 0.25) is 0 Å². The Morgan fingerprint density at radius 1 is 0.500 bits per heavy atom. The molecule has 0 unspecified atom stereocenters. The molecule has 4 nitrogen and oxygen atoms in total. The lowest BCUT2D eigenvalue weighted by atomic mass is 10.1. The third-order valence-electron chi connectivity index (χ3n) is 6.18. The molecule has 0 bridgehead atoms. The van der Waals surface area contributed by atoms with E-state index in [0.29, 0.717) is 11.5 Å². The summed E-state index contributed by atoms with van der Waals surface area (Å²) in [5.74, 6) is 2.88. The molecule has 2 heterocycles. The molecular weight excluding hydrogens is 444 g/mol. The summed E-state index contributed by atoms with van der Waals surface area (Å²) in [6.07, 6.45) is 0. The molecule has 0 aliphatic carbocycles. The first-order chi connectivity index (χ1) is 17.6. The minimum absolute atomic E-state index is 0.685. The van der Waals surface area contributed by atoms with Crippen LogP contribution in [-0.2, 0) is 0 Å². The van der Waals surface area contributed by atoms with E-state index in [9.17, 15) is 0 Å². The van der Waals surface area contributed by atoms with Crippen LogP contribution in [0.15, 0.2) is 109 Å². The van der Waals surface area contributed by atoms with Crippen LogP contribution in [0.5, 0.6) is 23.0 Å². The lowest BCUT2D eigenvalue weighted by Crippen LogP contribution is -1.95. The van der Waals surface area contributed by atoms with Gasteiger partial charge in [-0.2, -0.15) is 0 Å². The number of benzene rings is 4. The Labute approximate surface area is 209 Å². The first kappa shape index (κ1) is 21.8. The normalized spacial score (nSPS) is 11.1. The number of hydrogen-bond donors (Lipinski definition) is 0. The van der Waals surface area contributed by atoms with Crippen LogP contribution < -0.4 is 9.47 Å². The Hall–Kier alpha value is -4.70. The van der Waals surface area contributed by atoms with Crippen molar-refractivity contribution in [2.45, 2.75) is 13.8 Å². The van der Waals surface area contributed by atoms with Gasteiger partial charge in [-0.15, -0.1) is 0 Å². The average molecular weight is 469 g/mol. The average Bonchev–Trinajstić information content (AvgIpc) is 2.91. The van der Waals surface area contributed by atoms with Crippen LogP contribution in [0.25, 0.3) is 32.9 Å². The molecule has 0 saturated carbocycles. The van der Waals surface area contributed by atoms with Crippen LogP contribution in [-0.4, -0.2) is 9.97 Å². The largest absolute Gasteiger partial charge is 0.455 e. The molecule has 6 aromatic rings. The molecule has 174 valence electrons. The van der Waals surface area contributed by atoms with Gasteiger partial charge in [0.15, 0.2) is 11.5 Å². The fourth-order valence-corrected chi connectivity index (χ4v) is 4.32. The van der Waals surface area contributed by atoms with Crippen molar-refractivity contribution in [3.05, 3.63) is 121 Å². The van der Waals surface area contributed by atoms with Gasteiger partial charge in [-0.3, -0.25) is 0 Å². The summed E-state index contributed by atoms with van der Waals surface area (Å²) in [5, 5.41) is 1.98. The highest BCUT2D eigenvalue weighted by atomic mass is 16.5. The Balaban J connectivity index is 1.31. The van der Waals surface area contributed by atoms with E-state index in [1.54, 1.807) is 0 Å². The van der Waals surface area contributed by atoms with Gasteiger partial charge in [-0.25, -0.2) is 9.97 Å². The number of ether oxygens (including phenoxy) is 2. The molecule has 0 spiro atoms. The van der Waals surface area contributed by atoms with Crippen molar-refractivity contribution in [2.24, 2.45) is 0 Å². The number of rotatable bonds is 5. The van der Waals surface area contributed by atoms with Gasteiger partial charge in [0.1, 0.15) is 22.5 Å². The fourth-order valence-electron chi connectivity index (χ4n) is 4.32. The zero-order valence-corrected chi connectivity index (χ0v) is 20.1. The van der Waals surface area contributed by atoms with Crippen molar-refractivity contribution in [1.82, 2.24) is 9.97 Å². The van der Waals surface area contributed by atoms with Crippen LogP contribution >= 0.6 is 0 Å². The zero-order valence-electron chi connectivity index (χ0n) is 20.1. The topological polar surface area (TPSA) is 44.2 Å². The molecule has 0 radical (unpaired) electrons. The number of aromatic nitrogens is 2. The molecule has 0 amide bonds. The van der Waals surface area contributed by atoms with Gasteiger partial charge in [-0.05, 0) is 61.4 Å². The molecule has 0 N–H and O–H groups in total. The molecule has 6 rings (SSSR count). The van der Waals surface area contributed by atoms with E-state index in [-0.39, 0.29) is 0 Å². The van der Waals surface area contributed by atoms with Crippen molar-refractivity contribution in [3.8, 4) is 34.1 Å². The van der Waals surface area contributed by atoms with E-state index < -0.39 is 0 Å². The highest BCUT2D eigenvalue weighted by Gasteiger charge is 2.12. The molecule has 0 atom stereocenters. The standard InChI is InChI=1S/C32H24N2O2/c1-21-14-15-25-10-6-12-28(31(25)33-21)36-29-13-7-11-26-20-30(22(2)34-32(26)29)35-27-18-16-24(17-19-27)23-8-4-3-5-9-23/h3-20H,1-2H3. The lowest BCUT2D eigenvalue weighted by molar-refractivity contribution is 0.475. The Morgan fingerprint density at radius 3 is 1.92 bits per heavy atom. The van der Waals surface area contributed by atoms with Gasteiger partial charge < -0.3 is 9.47 Å². The molecule has 0 aliphatic rings. The molecule has 0 aliphatic heterocycles. The number of hydrogen-bond acceptors (Lipinski definition) is 4. The Bertz CT molecular complexity index is 1690. The highest BCUT2D eigenvalue weighted by molar-refractivity contribution is 5.88. The number of nitrogens with zero attached hydrogens (tertiary/aromatic N) is 2. The minimum atomic E-state index is 0.685. The molecule has 2 aromatic heterocycles. The second kappa shape index (κ2) is 9.16. The quantitative estimate of drug-likeness (QED) is 0.254. The fraction of sp³-hybridized carbons (Fsp3) is 0.0625. The van der Waals surface area contributed by atoms with Crippen LogP contribution in [0.2, 0.25) is 0 Å². The summed E-state index contributed by atoms with van der Waals surface area (Å²) < 4.78 is 12.6. The maximum Gasteiger partial charge on any atom is 0.153 e. The maximum atomic E-state index is 6.36. The van der Waals surface area contributed by atoms with Gasteiger partial charge in [-0.1, -0.05) is 72.8 Å². The summed E-state index contributed by atoms with van der Waals surface area (Å²) in [4.78, 5) is 9.55. The van der Waals surface area contributed by atoms with Crippen molar-refractivity contribution < 1.29 is 9.47 Å². The SMILES string of the molecule is Cc1ccc2cccc(Oc3cccc4cc(Oc5ccc(-c6ccccc6)cc5)c(C)nc34)c2n1. The summed E-state index contributed by atoms with van der Waals surface area (Å²) in [6.45, 7) is 3.93. The van der Waals surface area contributed by atoms with Crippen molar-refractivity contribution >= 4 is 21.8 Å². The van der Waals surface area contributed by atoms with Crippen LogP contribution in [0, 0.1) is 13.8 Å². The van der Waals surface area contributed by atoms with Crippen molar-refractivity contribution in [2.75, 3.05) is 0 Å². The molecule has 4 heteroatoms. The molecule has 0 saturated heterocycles. The highest BCUT2D eigenvalue weighted by Crippen LogP contribution is 2.35. The Morgan fingerprint density at radius 2 is 1.17 bits per heavy atom. The number of pyridine rings is 2. The first-order valence-corrected chi connectivity index (χ1v) is 11.9. The van der Waals surface area contributed by atoms with E-state index in [1.165, 1.54) is 5.56 Å². The Kier molecular flexibility index (Phi) is 5.55. The monoisotopic (exact) mass is 468 g/mol. The van der Waals surface area contributed by atoms with Crippen LogP contribution in [0.4, 0.5) is 0 Å². The summed E-state index contributed by atoms with van der Waals surface area (Å²) in [5.41, 5.74) is 5.69. The minimum Gasteiger partial charge on any atom is -0.455 e. The van der Waals surface area contributed by atoms with Crippen molar-refractivity contribution in [3.63, 3.8) is 0 Å². The summed E-state index contributed by atoms with van der Waals surface area (Å²) in [7, 11) is 0. The van der Waals surface area contributed by atoms with Gasteiger partial charge in [0.25, 0.3) is 0 Å². The van der Waals surface area contributed by atoms with E-state index in [1.807, 2.05) is 92.7 Å². The number of para-hydroxylation sites is 2. The number of aryl methyl sites for hydroxylation is 2. The predicted molar refractivity (Wildman–Crippen MR) is 145 cm³/mol. The molecular formula is C32H24N2O2. The van der Waals surface area contributed by atoms with E-state index in [0.717, 1.165) is 50.3 Å². The third-order valence-corrected chi connectivity index (χ3v) is 6.18. The zero-order chi connectivity index (χ0) is 24.5. The van der Waals surface area contributed by atoms with E-state index >= 15 is 0 Å². The van der Waals surface area contributed by atoms with E-state index in [2.05, 4.69) is 30.3 Å². The molecule has 4 aromatic carbocycles. The predicted octanol–water partition coefficient (Wildman–Crippen LogP) is 8.65. The molecule has 36 heavy (non-hydrogen) atoms. The van der Waals surface area contributed by atoms with Gasteiger partial charge >= 0.3 is 0 Å². The van der Waals surface area contributed by atoms with Gasteiger partial charge in [0.05, 0.1) is 5.69 Å². The maximum absolute atomic E-state index is 6.36. The second-order valence-corrected chi connectivity index (χ2v) is 8.77.